The van der Waals surface area contributed by atoms with E-state index in [1.54, 1.807) is 0 Å². The highest BCUT2D eigenvalue weighted by Crippen LogP contribution is 2.16. The summed E-state index contributed by atoms with van der Waals surface area (Å²) >= 11 is 0. The maximum absolute atomic E-state index is 11.7. The number of hydrogen-bond acceptors (Lipinski definition) is 3. The van der Waals surface area contributed by atoms with Gasteiger partial charge in [-0.15, -0.1) is 0 Å². The van der Waals surface area contributed by atoms with Crippen LogP contribution in [0.5, 0.6) is 0 Å². The van der Waals surface area contributed by atoms with Crippen LogP contribution in [0.25, 0.3) is 0 Å². The fourth-order valence-electron chi connectivity index (χ4n) is 2.60. The normalized spacial score (nSPS) is 25.1. The number of carbonyl (C=O) groups is 1. The fourth-order valence-corrected chi connectivity index (χ4v) is 2.60. The van der Waals surface area contributed by atoms with Crippen molar-refractivity contribution in [3.05, 3.63) is 0 Å². The first-order chi connectivity index (χ1) is 8.67. The van der Waals surface area contributed by atoms with Gasteiger partial charge in [0.05, 0.1) is 6.54 Å². The SMILES string of the molecule is CCCCNC(=O)CN1CCC(NCC)C(C)C1. The summed E-state index contributed by atoms with van der Waals surface area (Å²) in [5.74, 6) is 0.805. The summed E-state index contributed by atoms with van der Waals surface area (Å²) in [6.07, 6.45) is 3.35. The molecule has 106 valence electrons. The summed E-state index contributed by atoms with van der Waals surface area (Å²) in [7, 11) is 0. The van der Waals surface area contributed by atoms with Crippen LogP contribution in [0.4, 0.5) is 0 Å². The molecule has 2 unspecified atom stereocenters. The zero-order valence-corrected chi connectivity index (χ0v) is 12.2. The molecule has 0 aromatic rings. The summed E-state index contributed by atoms with van der Waals surface area (Å²) in [6, 6.07) is 0.620. The quantitative estimate of drug-likeness (QED) is 0.672. The molecule has 4 heteroatoms. The van der Waals surface area contributed by atoms with E-state index in [2.05, 4.69) is 36.3 Å². The van der Waals surface area contributed by atoms with Crippen molar-refractivity contribution in [2.24, 2.45) is 5.92 Å². The molecule has 1 heterocycles. The van der Waals surface area contributed by atoms with Crippen molar-refractivity contribution >= 4 is 5.91 Å². The minimum absolute atomic E-state index is 0.178. The van der Waals surface area contributed by atoms with Crippen LogP contribution in [0.15, 0.2) is 0 Å². The van der Waals surface area contributed by atoms with Crippen molar-refractivity contribution in [3.63, 3.8) is 0 Å². The van der Waals surface area contributed by atoms with E-state index in [-0.39, 0.29) is 5.91 Å². The van der Waals surface area contributed by atoms with E-state index in [1.165, 1.54) is 0 Å². The molecule has 0 aromatic carbocycles. The number of amides is 1. The summed E-state index contributed by atoms with van der Waals surface area (Å²) in [6.45, 7) is 11.0. The lowest BCUT2D eigenvalue weighted by molar-refractivity contribution is -0.122. The molecule has 0 spiro atoms. The van der Waals surface area contributed by atoms with Crippen molar-refractivity contribution in [2.45, 2.75) is 46.1 Å². The smallest absolute Gasteiger partial charge is 0.234 e. The third kappa shape index (κ3) is 5.36. The Kier molecular flexibility index (Phi) is 7.28. The summed E-state index contributed by atoms with van der Waals surface area (Å²) in [4.78, 5) is 14.0. The van der Waals surface area contributed by atoms with Gasteiger partial charge >= 0.3 is 0 Å². The Morgan fingerprint density at radius 2 is 2.17 bits per heavy atom. The van der Waals surface area contributed by atoms with Crippen LogP contribution in [0.2, 0.25) is 0 Å². The van der Waals surface area contributed by atoms with Crippen molar-refractivity contribution < 1.29 is 4.79 Å². The molecule has 2 N–H and O–H groups in total. The first-order valence-corrected chi connectivity index (χ1v) is 7.39. The molecule has 1 saturated heterocycles. The van der Waals surface area contributed by atoms with Crippen molar-refractivity contribution in [2.75, 3.05) is 32.7 Å². The van der Waals surface area contributed by atoms with E-state index in [0.29, 0.717) is 18.5 Å². The van der Waals surface area contributed by atoms with Gasteiger partial charge < -0.3 is 10.6 Å². The largest absolute Gasteiger partial charge is 0.355 e. The number of hydrogen-bond donors (Lipinski definition) is 2. The second kappa shape index (κ2) is 8.48. The van der Waals surface area contributed by atoms with Gasteiger partial charge in [-0.1, -0.05) is 27.2 Å². The standard InChI is InChI=1S/C14H29N3O/c1-4-6-8-16-14(18)11-17-9-7-13(15-5-2)12(3)10-17/h12-13,15H,4-11H2,1-3H3,(H,16,18). The average molecular weight is 255 g/mol. The van der Waals surface area contributed by atoms with Crippen molar-refractivity contribution in [3.8, 4) is 0 Å². The van der Waals surface area contributed by atoms with Gasteiger partial charge in [-0.25, -0.2) is 0 Å². The number of unbranched alkanes of at least 4 members (excludes halogenated alkanes) is 1. The number of carbonyl (C=O) groups excluding carboxylic acids is 1. The summed E-state index contributed by atoms with van der Waals surface area (Å²) in [5.41, 5.74) is 0. The Labute approximate surface area is 111 Å². The Hall–Kier alpha value is -0.610. The number of piperidine rings is 1. The first kappa shape index (κ1) is 15.4. The Morgan fingerprint density at radius 1 is 1.39 bits per heavy atom. The van der Waals surface area contributed by atoms with E-state index >= 15 is 0 Å². The monoisotopic (exact) mass is 255 g/mol. The predicted molar refractivity (Wildman–Crippen MR) is 75.6 cm³/mol. The second-order valence-electron chi connectivity index (χ2n) is 5.37. The van der Waals surface area contributed by atoms with Crippen LogP contribution < -0.4 is 10.6 Å². The van der Waals surface area contributed by atoms with Gasteiger partial charge in [0.1, 0.15) is 0 Å². The third-order valence-electron chi connectivity index (χ3n) is 3.68. The van der Waals surface area contributed by atoms with Gasteiger partial charge in [0, 0.05) is 25.7 Å². The topological polar surface area (TPSA) is 44.4 Å². The summed E-state index contributed by atoms with van der Waals surface area (Å²) < 4.78 is 0. The van der Waals surface area contributed by atoms with E-state index in [0.717, 1.165) is 45.4 Å². The molecule has 1 rings (SSSR count). The maximum Gasteiger partial charge on any atom is 0.234 e. The van der Waals surface area contributed by atoms with Gasteiger partial charge in [-0.2, -0.15) is 0 Å². The minimum atomic E-state index is 0.178. The number of nitrogens with one attached hydrogen (secondary N) is 2. The van der Waals surface area contributed by atoms with Crippen LogP contribution in [0.3, 0.4) is 0 Å². The van der Waals surface area contributed by atoms with E-state index < -0.39 is 0 Å². The maximum atomic E-state index is 11.7. The molecule has 0 aromatic heterocycles. The number of nitrogens with zero attached hydrogens (tertiary/aromatic N) is 1. The molecular formula is C14H29N3O. The molecule has 1 aliphatic rings. The molecule has 0 saturated carbocycles. The first-order valence-electron chi connectivity index (χ1n) is 7.39. The average Bonchev–Trinajstić information content (AvgIpc) is 2.33. The molecule has 1 fully saturated rings. The van der Waals surface area contributed by atoms with Crippen LogP contribution in [-0.2, 0) is 4.79 Å². The van der Waals surface area contributed by atoms with Gasteiger partial charge in [0.15, 0.2) is 0 Å². The van der Waals surface area contributed by atoms with Crippen LogP contribution in [0.1, 0.15) is 40.0 Å². The van der Waals surface area contributed by atoms with Crippen molar-refractivity contribution in [1.29, 1.82) is 0 Å². The lowest BCUT2D eigenvalue weighted by atomic mass is 9.94. The zero-order valence-electron chi connectivity index (χ0n) is 12.2. The highest BCUT2D eigenvalue weighted by Gasteiger charge is 2.25. The highest BCUT2D eigenvalue weighted by molar-refractivity contribution is 5.77. The lowest BCUT2D eigenvalue weighted by Gasteiger charge is -2.36. The molecule has 4 nitrogen and oxygen atoms in total. The molecule has 0 radical (unpaired) electrons. The summed E-state index contributed by atoms with van der Waals surface area (Å²) in [5, 5.41) is 6.51. The van der Waals surface area contributed by atoms with Crippen LogP contribution in [0, 0.1) is 5.92 Å². The number of rotatable bonds is 7. The highest BCUT2D eigenvalue weighted by atomic mass is 16.2. The predicted octanol–water partition coefficient (Wildman–Crippen LogP) is 1.22. The Balaban J connectivity index is 2.22. The third-order valence-corrected chi connectivity index (χ3v) is 3.68. The zero-order chi connectivity index (χ0) is 13.4. The Morgan fingerprint density at radius 3 is 2.78 bits per heavy atom. The van der Waals surface area contributed by atoms with Gasteiger partial charge in [-0.3, -0.25) is 9.69 Å². The molecule has 1 aliphatic heterocycles. The molecule has 0 aliphatic carbocycles. The van der Waals surface area contributed by atoms with E-state index in [4.69, 9.17) is 0 Å². The molecule has 1 amide bonds. The fraction of sp³-hybridized carbons (Fsp3) is 0.929. The van der Waals surface area contributed by atoms with Crippen LogP contribution in [-0.4, -0.2) is 49.6 Å². The van der Waals surface area contributed by atoms with Gasteiger partial charge in [0.25, 0.3) is 0 Å². The lowest BCUT2D eigenvalue weighted by Crippen LogP contribution is -2.50. The van der Waals surface area contributed by atoms with Gasteiger partial charge in [0.2, 0.25) is 5.91 Å². The minimum Gasteiger partial charge on any atom is -0.355 e. The number of likely N-dealkylation sites (tertiary alicyclic amines) is 1. The Bertz CT molecular complexity index is 245. The molecule has 18 heavy (non-hydrogen) atoms. The molecular weight excluding hydrogens is 226 g/mol. The molecule has 2 atom stereocenters. The van der Waals surface area contributed by atoms with E-state index in [9.17, 15) is 4.79 Å². The van der Waals surface area contributed by atoms with Crippen molar-refractivity contribution in [1.82, 2.24) is 15.5 Å². The van der Waals surface area contributed by atoms with Gasteiger partial charge in [-0.05, 0) is 25.3 Å². The molecule has 0 bridgehead atoms. The van der Waals surface area contributed by atoms with E-state index in [1.807, 2.05) is 0 Å². The second-order valence-corrected chi connectivity index (χ2v) is 5.37. The van der Waals surface area contributed by atoms with Crippen LogP contribution >= 0.6 is 0 Å².